The number of nitrogens with zero attached hydrogens (tertiary/aromatic N) is 1. The summed E-state index contributed by atoms with van der Waals surface area (Å²) in [4.78, 5) is 38.0. The van der Waals surface area contributed by atoms with Crippen molar-refractivity contribution in [3.63, 3.8) is 0 Å². The first-order chi connectivity index (χ1) is 10.1. The number of benzene rings is 1. The first kappa shape index (κ1) is 12.6. The Balaban J connectivity index is 1.62. The van der Waals surface area contributed by atoms with E-state index in [2.05, 4.69) is 5.32 Å². The highest BCUT2D eigenvalue weighted by Crippen LogP contribution is 2.31. The van der Waals surface area contributed by atoms with E-state index in [4.69, 9.17) is 0 Å². The zero-order valence-electron chi connectivity index (χ0n) is 11.6. The average molecular weight is 284 g/mol. The fraction of sp³-hybridized carbons (Fsp3) is 0.438. The first-order valence-electron chi connectivity index (χ1n) is 7.37. The van der Waals surface area contributed by atoms with Crippen LogP contribution in [0.1, 0.15) is 32.7 Å². The maximum Gasteiger partial charge on any atom is 0.254 e. The van der Waals surface area contributed by atoms with Crippen LogP contribution in [0.3, 0.4) is 0 Å². The highest BCUT2D eigenvalue weighted by molar-refractivity contribution is 6.05. The monoisotopic (exact) mass is 284 g/mol. The third kappa shape index (κ3) is 1.80. The number of rotatable bonds is 1. The summed E-state index contributed by atoms with van der Waals surface area (Å²) in [5.41, 5.74) is 2.21. The molecule has 1 aromatic carbocycles. The van der Waals surface area contributed by atoms with E-state index in [-0.39, 0.29) is 29.4 Å². The lowest BCUT2D eigenvalue weighted by Crippen LogP contribution is -2.33. The van der Waals surface area contributed by atoms with Gasteiger partial charge in [0, 0.05) is 43.1 Å². The van der Waals surface area contributed by atoms with Gasteiger partial charge in [-0.1, -0.05) is 12.1 Å². The van der Waals surface area contributed by atoms with E-state index in [9.17, 15) is 14.4 Å². The number of hydrogen-bond donors (Lipinski definition) is 1. The quantitative estimate of drug-likeness (QED) is 0.822. The number of carbonyl (C=O) groups is 3. The summed E-state index contributed by atoms with van der Waals surface area (Å²) in [6.45, 7) is 1.78. The van der Waals surface area contributed by atoms with Crippen molar-refractivity contribution in [1.29, 1.82) is 0 Å². The van der Waals surface area contributed by atoms with Crippen molar-refractivity contribution in [1.82, 2.24) is 10.2 Å². The molecule has 0 spiro atoms. The van der Waals surface area contributed by atoms with Crippen LogP contribution in [0.5, 0.6) is 0 Å². The SMILES string of the molecule is O=C1CCc2c1cccc2C(=O)N1C[C@@H]2CNC(=O)[C@@H]2C1. The molecule has 0 unspecified atom stereocenters. The van der Waals surface area contributed by atoms with E-state index in [0.29, 0.717) is 43.6 Å². The maximum atomic E-state index is 12.7. The van der Waals surface area contributed by atoms with Crippen LogP contribution in [-0.2, 0) is 11.2 Å². The van der Waals surface area contributed by atoms with Crippen molar-refractivity contribution in [2.24, 2.45) is 11.8 Å². The molecule has 2 heterocycles. The Bertz CT molecular complexity index is 667. The molecular formula is C16H16N2O3. The predicted molar refractivity (Wildman–Crippen MR) is 75.0 cm³/mol. The largest absolute Gasteiger partial charge is 0.355 e. The zero-order chi connectivity index (χ0) is 14.6. The van der Waals surface area contributed by atoms with E-state index < -0.39 is 0 Å². The molecule has 1 aromatic rings. The minimum absolute atomic E-state index is 0.0382. The Hall–Kier alpha value is -2.17. The number of Topliss-reactive ketones (excluding diaryl/α,β-unsaturated/α-hetero) is 1. The molecule has 2 atom stereocenters. The van der Waals surface area contributed by atoms with Crippen LogP contribution in [0.15, 0.2) is 18.2 Å². The summed E-state index contributed by atoms with van der Waals surface area (Å²) in [6, 6.07) is 5.38. The summed E-state index contributed by atoms with van der Waals surface area (Å²) in [7, 11) is 0. The standard InChI is InChI=1S/C16H16N2O3/c19-14-5-4-10-11(14)2-1-3-12(10)16(21)18-7-9-6-17-15(20)13(9)8-18/h1-3,9,13H,4-8H2,(H,17,20)/t9-,13+/m0/s1. The number of likely N-dealkylation sites (tertiary alicyclic amines) is 1. The molecule has 3 aliphatic rings. The van der Waals surface area contributed by atoms with E-state index in [1.165, 1.54) is 0 Å². The number of fused-ring (bicyclic) bond motifs is 2. The normalized spacial score (nSPS) is 26.8. The molecule has 0 saturated carbocycles. The van der Waals surface area contributed by atoms with Gasteiger partial charge in [0.25, 0.3) is 5.91 Å². The number of amides is 2. The lowest BCUT2D eigenvalue weighted by Gasteiger charge is -2.19. The molecule has 5 heteroatoms. The summed E-state index contributed by atoms with van der Waals surface area (Å²) in [5.74, 6) is 0.317. The number of ketones is 1. The lowest BCUT2D eigenvalue weighted by atomic mass is 10.0. The minimum atomic E-state index is -0.0626. The maximum absolute atomic E-state index is 12.7. The second-order valence-corrected chi connectivity index (χ2v) is 6.08. The Kier molecular flexibility index (Phi) is 2.64. The van der Waals surface area contributed by atoms with Crippen molar-refractivity contribution in [3.05, 3.63) is 34.9 Å². The van der Waals surface area contributed by atoms with Gasteiger partial charge in [-0.15, -0.1) is 0 Å². The fourth-order valence-electron chi connectivity index (χ4n) is 3.77. The van der Waals surface area contributed by atoms with Gasteiger partial charge >= 0.3 is 0 Å². The molecule has 0 aromatic heterocycles. The number of nitrogens with one attached hydrogen (secondary N) is 1. The van der Waals surface area contributed by atoms with Gasteiger partial charge in [0.15, 0.2) is 5.78 Å². The molecule has 108 valence electrons. The van der Waals surface area contributed by atoms with Crippen LogP contribution < -0.4 is 5.32 Å². The van der Waals surface area contributed by atoms with Crippen molar-refractivity contribution in [2.75, 3.05) is 19.6 Å². The molecule has 0 radical (unpaired) electrons. The molecule has 1 aliphatic carbocycles. The number of hydrogen-bond acceptors (Lipinski definition) is 3. The summed E-state index contributed by atoms with van der Waals surface area (Å²) >= 11 is 0. The molecule has 1 N–H and O–H groups in total. The zero-order valence-corrected chi connectivity index (χ0v) is 11.6. The fourth-order valence-corrected chi connectivity index (χ4v) is 3.77. The molecule has 2 aliphatic heterocycles. The van der Waals surface area contributed by atoms with Crippen LogP contribution in [0.4, 0.5) is 0 Å². The molecule has 5 nitrogen and oxygen atoms in total. The highest BCUT2D eigenvalue weighted by Gasteiger charge is 2.44. The first-order valence-corrected chi connectivity index (χ1v) is 7.37. The van der Waals surface area contributed by atoms with Gasteiger partial charge < -0.3 is 10.2 Å². The van der Waals surface area contributed by atoms with Crippen molar-refractivity contribution >= 4 is 17.6 Å². The van der Waals surface area contributed by atoms with Crippen molar-refractivity contribution in [2.45, 2.75) is 12.8 Å². The molecule has 2 fully saturated rings. The molecular weight excluding hydrogens is 268 g/mol. The van der Waals surface area contributed by atoms with Crippen LogP contribution >= 0.6 is 0 Å². The van der Waals surface area contributed by atoms with Gasteiger partial charge in [0.1, 0.15) is 0 Å². The Morgan fingerprint density at radius 2 is 2.05 bits per heavy atom. The molecule has 21 heavy (non-hydrogen) atoms. The second kappa shape index (κ2) is 4.41. The lowest BCUT2D eigenvalue weighted by molar-refractivity contribution is -0.122. The Labute approximate surface area is 122 Å². The number of carbonyl (C=O) groups excluding carboxylic acids is 3. The molecule has 2 amide bonds. The molecule has 4 rings (SSSR count). The molecule has 2 saturated heterocycles. The van der Waals surface area contributed by atoms with E-state index >= 15 is 0 Å². The summed E-state index contributed by atoms with van der Waals surface area (Å²) < 4.78 is 0. The van der Waals surface area contributed by atoms with E-state index in [1.807, 2.05) is 0 Å². The van der Waals surface area contributed by atoms with Gasteiger partial charge in [-0.05, 0) is 18.1 Å². The van der Waals surface area contributed by atoms with Gasteiger partial charge in [0.05, 0.1) is 5.92 Å². The summed E-state index contributed by atoms with van der Waals surface area (Å²) in [6.07, 6.45) is 1.14. The van der Waals surface area contributed by atoms with Gasteiger partial charge in [-0.3, -0.25) is 14.4 Å². The molecule has 0 bridgehead atoms. The highest BCUT2D eigenvalue weighted by atomic mass is 16.2. The van der Waals surface area contributed by atoms with E-state index in [1.54, 1.807) is 23.1 Å². The van der Waals surface area contributed by atoms with Crippen LogP contribution in [0.2, 0.25) is 0 Å². The van der Waals surface area contributed by atoms with Gasteiger partial charge in [-0.25, -0.2) is 0 Å². The smallest absolute Gasteiger partial charge is 0.254 e. The Morgan fingerprint density at radius 1 is 1.19 bits per heavy atom. The third-order valence-corrected chi connectivity index (χ3v) is 4.91. The Morgan fingerprint density at radius 3 is 2.86 bits per heavy atom. The van der Waals surface area contributed by atoms with Crippen LogP contribution in [0, 0.1) is 11.8 Å². The van der Waals surface area contributed by atoms with Gasteiger partial charge in [0.2, 0.25) is 5.91 Å². The van der Waals surface area contributed by atoms with Gasteiger partial charge in [-0.2, -0.15) is 0 Å². The van der Waals surface area contributed by atoms with E-state index in [0.717, 1.165) is 5.56 Å². The third-order valence-electron chi connectivity index (χ3n) is 4.91. The topological polar surface area (TPSA) is 66.5 Å². The van der Waals surface area contributed by atoms with Crippen molar-refractivity contribution < 1.29 is 14.4 Å². The van der Waals surface area contributed by atoms with Crippen molar-refractivity contribution in [3.8, 4) is 0 Å². The summed E-state index contributed by atoms with van der Waals surface area (Å²) in [5, 5.41) is 2.85. The van der Waals surface area contributed by atoms with Crippen LogP contribution in [-0.4, -0.2) is 42.1 Å². The second-order valence-electron chi connectivity index (χ2n) is 6.08. The van der Waals surface area contributed by atoms with Crippen LogP contribution in [0.25, 0.3) is 0 Å². The minimum Gasteiger partial charge on any atom is -0.355 e. The average Bonchev–Trinajstić information content (AvgIpc) is 3.16. The predicted octanol–water partition coefficient (Wildman–Crippen LogP) is 0.633.